The molecule has 4 heteroatoms. The summed E-state index contributed by atoms with van der Waals surface area (Å²) >= 11 is 0. The second-order valence-corrected chi connectivity index (χ2v) is 2.17. The van der Waals surface area contributed by atoms with E-state index in [1.165, 1.54) is 18.5 Å². The van der Waals surface area contributed by atoms with E-state index in [1.807, 2.05) is 0 Å². The Morgan fingerprint density at radius 3 is 2.50 bits per heavy atom. The zero-order valence-corrected chi connectivity index (χ0v) is 4.72. The molecular formula is C4H3NO2S. The molecule has 0 saturated heterocycles. The van der Waals surface area contributed by atoms with Crippen LogP contribution in [0.25, 0.3) is 0 Å². The predicted octanol–water partition coefficient (Wildman–Crippen LogP) is -0.364. The first kappa shape index (κ1) is 5.24. The van der Waals surface area contributed by atoms with Gasteiger partial charge in [0.15, 0.2) is 0 Å². The van der Waals surface area contributed by atoms with Gasteiger partial charge >= 0.3 is 0 Å². The first-order chi connectivity index (χ1) is 3.80. The molecule has 0 aromatic rings. The molecular weight excluding hydrogens is 126 g/mol. The molecule has 0 aliphatic carbocycles. The maximum absolute atomic E-state index is 10.0. The third-order valence-electron chi connectivity index (χ3n) is 0.719. The monoisotopic (exact) mass is 129 g/mol. The van der Waals surface area contributed by atoms with E-state index in [-0.39, 0.29) is 4.86 Å². The number of hydrogen-bond donors (Lipinski definition) is 0. The standard InChI is InChI=1S/C4H3NO2S/c6-8(7)4-1-2-5-3-4/h1-3H. The Morgan fingerprint density at radius 2 is 2.25 bits per heavy atom. The van der Waals surface area contributed by atoms with Crippen LogP contribution in [0.4, 0.5) is 0 Å². The highest BCUT2D eigenvalue weighted by atomic mass is 32.2. The topological polar surface area (TPSA) is 46.5 Å². The van der Waals surface area contributed by atoms with Crippen molar-refractivity contribution in [3.63, 3.8) is 0 Å². The van der Waals surface area contributed by atoms with Crippen LogP contribution in [0, 0.1) is 0 Å². The fourth-order valence-corrected chi connectivity index (χ4v) is 0.694. The summed E-state index contributed by atoms with van der Waals surface area (Å²) in [5.74, 6) is 0. The Hall–Kier alpha value is -0.900. The summed E-state index contributed by atoms with van der Waals surface area (Å²) in [5, 5.41) is 0. The molecule has 42 valence electrons. The van der Waals surface area contributed by atoms with Crippen LogP contribution in [0.5, 0.6) is 0 Å². The van der Waals surface area contributed by atoms with Gasteiger partial charge in [0, 0.05) is 12.4 Å². The van der Waals surface area contributed by atoms with E-state index < -0.39 is 10.3 Å². The van der Waals surface area contributed by atoms with Crippen LogP contribution >= 0.6 is 0 Å². The summed E-state index contributed by atoms with van der Waals surface area (Å²) in [6.07, 6.45) is 4.16. The molecule has 8 heavy (non-hydrogen) atoms. The van der Waals surface area contributed by atoms with E-state index in [1.54, 1.807) is 0 Å². The van der Waals surface area contributed by atoms with E-state index in [2.05, 4.69) is 4.99 Å². The molecule has 0 fully saturated rings. The minimum absolute atomic E-state index is 0.241. The van der Waals surface area contributed by atoms with Gasteiger partial charge in [-0.25, -0.2) is 0 Å². The Labute approximate surface area is 47.9 Å². The molecule has 1 heterocycles. The molecule has 1 aliphatic rings. The van der Waals surface area contributed by atoms with Gasteiger partial charge in [0.2, 0.25) is 10.3 Å². The zero-order valence-electron chi connectivity index (χ0n) is 3.90. The molecule has 0 aromatic carbocycles. The van der Waals surface area contributed by atoms with Crippen LogP contribution in [0.1, 0.15) is 0 Å². The molecule has 0 bridgehead atoms. The predicted molar refractivity (Wildman–Crippen MR) is 31.6 cm³/mol. The molecule has 0 aromatic heterocycles. The summed E-state index contributed by atoms with van der Waals surface area (Å²) < 4.78 is 20.0. The lowest BCUT2D eigenvalue weighted by atomic mass is 10.5. The molecule has 0 unspecified atom stereocenters. The lowest BCUT2D eigenvalue weighted by Crippen LogP contribution is -1.90. The highest BCUT2D eigenvalue weighted by molar-refractivity contribution is 7.75. The highest BCUT2D eigenvalue weighted by Gasteiger charge is 1.93. The summed E-state index contributed by atoms with van der Waals surface area (Å²) in [6.45, 7) is 0. The normalized spacial score (nSPS) is 15.2. The van der Waals surface area contributed by atoms with Gasteiger partial charge in [0.1, 0.15) is 4.86 Å². The summed E-state index contributed by atoms with van der Waals surface area (Å²) in [7, 11) is -2.11. The number of rotatable bonds is 0. The molecule has 0 radical (unpaired) electrons. The second kappa shape index (κ2) is 1.92. The van der Waals surface area contributed by atoms with Crippen LogP contribution in [-0.2, 0) is 10.3 Å². The molecule has 0 N–H and O–H groups in total. The quantitative estimate of drug-likeness (QED) is 0.419. The highest BCUT2D eigenvalue weighted by Crippen LogP contribution is 1.85. The second-order valence-electron chi connectivity index (χ2n) is 1.23. The molecule has 0 amide bonds. The van der Waals surface area contributed by atoms with Crippen molar-refractivity contribution >= 4 is 21.4 Å². The van der Waals surface area contributed by atoms with Gasteiger partial charge in [0.25, 0.3) is 0 Å². The molecule has 1 aliphatic heterocycles. The third kappa shape index (κ3) is 0.840. The minimum Gasteiger partial charge on any atom is -0.263 e. The first-order valence-electron chi connectivity index (χ1n) is 1.96. The van der Waals surface area contributed by atoms with Crippen molar-refractivity contribution in [2.75, 3.05) is 0 Å². The average Bonchev–Trinajstić information content (AvgIpc) is 2.12. The van der Waals surface area contributed by atoms with Crippen LogP contribution in [0.3, 0.4) is 0 Å². The fraction of sp³-hybridized carbons (Fsp3) is 0. The fourth-order valence-electron chi connectivity index (χ4n) is 0.375. The number of allylic oxidation sites excluding steroid dienone is 1. The molecule has 0 spiro atoms. The smallest absolute Gasteiger partial charge is 0.223 e. The Morgan fingerprint density at radius 1 is 1.50 bits per heavy atom. The molecule has 0 atom stereocenters. The summed E-state index contributed by atoms with van der Waals surface area (Å²) in [4.78, 5) is 3.79. The van der Waals surface area contributed by atoms with Gasteiger partial charge in [-0.05, 0) is 6.08 Å². The van der Waals surface area contributed by atoms with Crippen molar-refractivity contribution in [1.29, 1.82) is 0 Å². The average molecular weight is 129 g/mol. The van der Waals surface area contributed by atoms with E-state index in [0.717, 1.165) is 0 Å². The molecule has 3 nitrogen and oxygen atoms in total. The van der Waals surface area contributed by atoms with Gasteiger partial charge in [-0.2, -0.15) is 8.42 Å². The van der Waals surface area contributed by atoms with Gasteiger partial charge in [-0.3, -0.25) is 4.99 Å². The van der Waals surface area contributed by atoms with Crippen molar-refractivity contribution in [3.05, 3.63) is 12.3 Å². The Bertz CT molecular complexity index is 248. The van der Waals surface area contributed by atoms with Crippen molar-refractivity contribution < 1.29 is 8.42 Å². The van der Waals surface area contributed by atoms with Crippen molar-refractivity contribution in [2.45, 2.75) is 0 Å². The largest absolute Gasteiger partial charge is 0.263 e. The maximum atomic E-state index is 10.0. The van der Waals surface area contributed by atoms with Crippen LogP contribution in [0.15, 0.2) is 17.3 Å². The lowest BCUT2D eigenvalue weighted by Gasteiger charge is -1.66. The van der Waals surface area contributed by atoms with Gasteiger partial charge in [-0.1, -0.05) is 0 Å². The maximum Gasteiger partial charge on any atom is 0.223 e. The van der Waals surface area contributed by atoms with E-state index in [4.69, 9.17) is 0 Å². The zero-order chi connectivity index (χ0) is 5.98. The van der Waals surface area contributed by atoms with E-state index in [0.29, 0.717) is 0 Å². The SMILES string of the molecule is O=S(=O)=C1C=CN=C1. The number of hydrogen-bond acceptors (Lipinski definition) is 3. The van der Waals surface area contributed by atoms with E-state index in [9.17, 15) is 8.42 Å². The first-order valence-corrected chi connectivity index (χ1v) is 3.04. The van der Waals surface area contributed by atoms with Gasteiger partial charge in [0.05, 0.1) is 0 Å². The number of nitrogens with zero attached hydrogens (tertiary/aromatic N) is 1. The molecule has 1 rings (SSSR count). The van der Waals surface area contributed by atoms with Crippen molar-refractivity contribution in [1.82, 2.24) is 0 Å². The number of aliphatic imine (C=N–C) groups is 1. The van der Waals surface area contributed by atoms with Crippen LogP contribution < -0.4 is 0 Å². The Balaban J connectivity index is 3.29. The summed E-state index contributed by atoms with van der Waals surface area (Å²) in [5.41, 5.74) is 0. The Kier molecular flexibility index (Phi) is 1.26. The van der Waals surface area contributed by atoms with Crippen molar-refractivity contribution in [3.8, 4) is 0 Å². The molecule has 0 saturated carbocycles. The van der Waals surface area contributed by atoms with Crippen molar-refractivity contribution in [2.24, 2.45) is 4.99 Å². The van der Waals surface area contributed by atoms with Gasteiger partial charge in [-0.15, -0.1) is 0 Å². The van der Waals surface area contributed by atoms with Gasteiger partial charge < -0.3 is 0 Å². The lowest BCUT2D eigenvalue weighted by molar-refractivity contribution is 0.627. The summed E-state index contributed by atoms with van der Waals surface area (Å²) in [6, 6.07) is 0. The van der Waals surface area contributed by atoms with Crippen LogP contribution in [0.2, 0.25) is 0 Å². The van der Waals surface area contributed by atoms with Crippen LogP contribution in [-0.4, -0.2) is 19.5 Å². The van der Waals surface area contributed by atoms with E-state index >= 15 is 0 Å². The third-order valence-corrected chi connectivity index (χ3v) is 1.35. The minimum atomic E-state index is -2.11.